The highest BCUT2D eigenvalue weighted by Crippen LogP contribution is 2.54. The molecule has 4 aliphatic rings. The third kappa shape index (κ3) is 5.26. The summed E-state index contributed by atoms with van der Waals surface area (Å²) in [4.78, 5) is 13.6. The van der Waals surface area contributed by atoms with Gasteiger partial charge < -0.3 is 24.4 Å². The number of nitrogens with zero attached hydrogens (tertiary/aromatic N) is 6. The molecular formula is C28H35N7O5S. The van der Waals surface area contributed by atoms with Crippen LogP contribution in [0.3, 0.4) is 0 Å². The maximum absolute atomic E-state index is 12.3. The number of rotatable bonds is 8. The molecule has 2 atom stereocenters. The summed E-state index contributed by atoms with van der Waals surface area (Å²) < 4.78 is 33.5. The molecule has 2 saturated heterocycles. The Morgan fingerprint density at radius 2 is 1.83 bits per heavy atom. The predicted octanol–water partition coefficient (Wildman–Crippen LogP) is 2.58. The minimum absolute atomic E-state index is 0.265. The molecule has 0 amide bonds. The molecule has 1 unspecified atom stereocenters. The lowest BCUT2D eigenvalue weighted by Gasteiger charge is -2.35. The molecule has 12 nitrogen and oxygen atoms in total. The number of anilines is 3. The van der Waals surface area contributed by atoms with Crippen molar-refractivity contribution in [2.24, 2.45) is 11.3 Å². The lowest BCUT2D eigenvalue weighted by Crippen LogP contribution is -2.41. The van der Waals surface area contributed by atoms with Gasteiger partial charge in [0.05, 0.1) is 34.9 Å². The average Bonchev–Trinajstić information content (AvgIpc) is 3.79. The molecule has 13 heteroatoms. The van der Waals surface area contributed by atoms with Crippen LogP contribution in [0.25, 0.3) is 23.0 Å². The Bertz CT molecular complexity index is 1580. The smallest absolute Gasteiger partial charge is 0.266 e. The van der Waals surface area contributed by atoms with Crippen LogP contribution in [0.15, 0.2) is 28.7 Å². The summed E-state index contributed by atoms with van der Waals surface area (Å²) in [5, 5.41) is 28.5. The zero-order chi connectivity index (χ0) is 28.4. The number of sulfonamides is 1. The van der Waals surface area contributed by atoms with Gasteiger partial charge in [-0.3, -0.25) is 4.72 Å². The van der Waals surface area contributed by atoms with Crippen LogP contribution in [-0.2, 0) is 10.0 Å². The molecule has 1 aromatic carbocycles. The van der Waals surface area contributed by atoms with Crippen LogP contribution in [0, 0.1) is 18.3 Å². The molecule has 2 aliphatic heterocycles. The monoisotopic (exact) mass is 581 g/mol. The van der Waals surface area contributed by atoms with E-state index in [-0.39, 0.29) is 11.6 Å². The summed E-state index contributed by atoms with van der Waals surface area (Å²) in [6.45, 7) is 4.46. The molecule has 2 aliphatic carbocycles. The Hall–Kier alpha value is -3.29. The molecule has 1 spiro atoms. The fourth-order valence-electron chi connectivity index (χ4n) is 6.35. The van der Waals surface area contributed by atoms with Crippen molar-refractivity contribution in [1.29, 1.82) is 0 Å². The molecule has 3 aromatic rings. The number of hydrogen-bond donors (Lipinski definition) is 3. The third-order valence-electron chi connectivity index (χ3n) is 9.16. The van der Waals surface area contributed by atoms with Crippen molar-refractivity contribution < 1.29 is 23.0 Å². The van der Waals surface area contributed by atoms with Crippen LogP contribution in [0.4, 0.5) is 17.3 Å². The fraction of sp³-hybridized carbons (Fsp3) is 0.571. The van der Waals surface area contributed by atoms with Crippen molar-refractivity contribution in [2.75, 3.05) is 53.1 Å². The summed E-state index contributed by atoms with van der Waals surface area (Å²) >= 11 is 0. The highest BCUT2D eigenvalue weighted by atomic mass is 32.2. The minimum Gasteiger partial charge on any atom is -0.415 e. The number of aliphatic hydroxyl groups excluding tert-OH is 1. The SMILES string of the molecule is Cc1cc(-c2nnc(-c3ccc(NS(=O)(=O)CCO)cc3N3CCC4(CC3)CC4)o2)nc(N2CCC3C[C@]3(O)C2)n1. The van der Waals surface area contributed by atoms with E-state index in [1.807, 2.05) is 11.8 Å². The van der Waals surface area contributed by atoms with Crippen molar-refractivity contribution in [1.82, 2.24) is 20.2 Å². The van der Waals surface area contributed by atoms with E-state index in [9.17, 15) is 13.5 Å². The normalized spacial score (nSPS) is 24.8. The zero-order valence-corrected chi connectivity index (χ0v) is 23.9. The van der Waals surface area contributed by atoms with E-state index in [1.165, 1.54) is 12.8 Å². The Morgan fingerprint density at radius 1 is 1.05 bits per heavy atom. The van der Waals surface area contributed by atoms with E-state index in [4.69, 9.17) is 14.5 Å². The van der Waals surface area contributed by atoms with Gasteiger partial charge in [0.2, 0.25) is 21.9 Å². The molecule has 4 fully saturated rings. The second-order valence-corrected chi connectivity index (χ2v) is 14.0. The van der Waals surface area contributed by atoms with Gasteiger partial charge in [-0.25, -0.2) is 18.4 Å². The summed E-state index contributed by atoms with van der Waals surface area (Å²) in [5.41, 5.74) is 3.06. The lowest BCUT2D eigenvalue weighted by molar-refractivity contribution is 0.124. The van der Waals surface area contributed by atoms with Crippen molar-refractivity contribution in [3.8, 4) is 23.0 Å². The van der Waals surface area contributed by atoms with Gasteiger partial charge in [-0.1, -0.05) is 0 Å². The van der Waals surface area contributed by atoms with Crippen molar-refractivity contribution in [3.05, 3.63) is 30.0 Å². The van der Waals surface area contributed by atoms with Gasteiger partial charge in [-0.15, -0.1) is 10.2 Å². The highest BCUT2D eigenvalue weighted by Gasteiger charge is 2.56. The van der Waals surface area contributed by atoms with Gasteiger partial charge in [0, 0.05) is 31.9 Å². The van der Waals surface area contributed by atoms with Crippen molar-refractivity contribution in [3.63, 3.8) is 0 Å². The van der Waals surface area contributed by atoms with E-state index in [1.54, 1.807) is 24.3 Å². The van der Waals surface area contributed by atoms with Gasteiger partial charge in [0.1, 0.15) is 5.69 Å². The molecule has 0 radical (unpaired) electrons. The molecule has 0 bridgehead atoms. The van der Waals surface area contributed by atoms with E-state index in [0.717, 1.165) is 56.7 Å². The van der Waals surface area contributed by atoms with E-state index < -0.39 is 22.2 Å². The summed E-state index contributed by atoms with van der Waals surface area (Å²) in [6, 6.07) is 7.07. The Balaban J connectivity index is 1.19. The summed E-state index contributed by atoms with van der Waals surface area (Å²) in [7, 11) is -3.68. The van der Waals surface area contributed by atoms with Crippen LogP contribution in [0.2, 0.25) is 0 Å². The molecule has 2 saturated carbocycles. The standard InChI is InChI=1S/C28H35N7O5S/c1-18-14-22(30-26(29-18)35-9-4-19-16-28(19,37)17-35)25-32-31-24(40-25)21-3-2-20(33-41(38,39)13-12-36)15-23(21)34-10-7-27(5-6-27)8-11-34/h2-3,14-15,19,33,36-37H,4-13,16-17H2,1H3/t19?,28-/m0/s1. The number of piperidine rings is 2. The van der Waals surface area contributed by atoms with Crippen molar-refractivity contribution >= 4 is 27.3 Å². The van der Waals surface area contributed by atoms with Crippen LogP contribution in [0.5, 0.6) is 0 Å². The number of aryl methyl sites for hydroxylation is 1. The number of aliphatic hydroxyl groups is 2. The van der Waals surface area contributed by atoms with E-state index >= 15 is 0 Å². The molecule has 2 aromatic heterocycles. The Labute approximate surface area is 238 Å². The zero-order valence-electron chi connectivity index (χ0n) is 23.1. The number of nitrogens with one attached hydrogen (secondary N) is 1. The highest BCUT2D eigenvalue weighted by molar-refractivity contribution is 7.92. The fourth-order valence-corrected chi connectivity index (χ4v) is 7.18. The summed E-state index contributed by atoms with van der Waals surface area (Å²) in [5.74, 6) is 1.13. The predicted molar refractivity (Wildman–Crippen MR) is 153 cm³/mol. The number of hydrogen-bond acceptors (Lipinski definition) is 11. The first-order chi connectivity index (χ1) is 19.6. The number of fused-ring (bicyclic) bond motifs is 1. The Morgan fingerprint density at radius 3 is 2.56 bits per heavy atom. The third-order valence-corrected chi connectivity index (χ3v) is 10.4. The van der Waals surface area contributed by atoms with E-state index in [2.05, 4.69) is 24.8 Å². The van der Waals surface area contributed by atoms with Gasteiger partial charge in [0.15, 0.2) is 0 Å². The summed E-state index contributed by atoms with van der Waals surface area (Å²) in [6.07, 6.45) is 6.49. The quantitative estimate of drug-likeness (QED) is 0.359. The molecule has 7 rings (SSSR count). The first-order valence-electron chi connectivity index (χ1n) is 14.3. The Kier molecular flexibility index (Phi) is 6.25. The molecule has 3 N–H and O–H groups in total. The topological polar surface area (TPSA) is 158 Å². The first-order valence-corrected chi connectivity index (χ1v) is 16.0. The van der Waals surface area contributed by atoms with Crippen LogP contribution < -0.4 is 14.5 Å². The maximum atomic E-state index is 12.3. The van der Waals surface area contributed by atoms with Crippen LogP contribution in [-0.4, -0.2) is 82.9 Å². The average molecular weight is 582 g/mol. The number of β-amino-alcohol motifs (C(OH)–C–C–N with tert-alkyl or cyclic N) is 1. The largest absolute Gasteiger partial charge is 0.415 e. The molecule has 218 valence electrons. The first kappa shape index (κ1) is 26.6. The van der Waals surface area contributed by atoms with Crippen molar-refractivity contribution in [2.45, 2.75) is 51.0 Å². The van der Waals surface area contributed by atoms with Gasteiger partial charge in [0.25, 0.3) is 5.89 Å². The second-order valence-electron chi connectivity index (χ2n) is 12.2. The molecule has 4 heterocycles. The van der Waals surface area contributed by atoms with Gasteiger partial charge in [-0.2, -0.15) is 0 Å². The van der Waals surface area contributed by atoms with Crippen LogP contribution >= 0.6 is 0 Å². The van der Waals surface area contributed by atoms with E-state index in [0.29, 0.717) is 46.7 Å². The minimum atomic E-state index is -3.68. The molecular weight excluding hydrogens is 546 g/mol. The number of aromatic nitrogens is 4. The lowest BCUT2D eigenvalue weighted by atomic mass is 9.93. The maximum Gasteiger partial charge on any atom is 0.266 e. The second kappa shape index (κ2) is 9.63. The van der Waals surface area contributed by atoms with Crippen LogP contribution in [0.1, 0.15) is 44.2 Å². The number of benzene rings is 1. The van der Waals surface area contributed by atoms with Gasteiger partial charge in [-0.05, 0) is 81.0 Å². The van der Waals surface area contributed by atoms with Gasteiger partial charge >= 0.3 is 0 Å². The molecule has 41 heavy (non-hydrogen) atoms.